The molecule has 1 aliphatic heterocycles. The number of H-pyrrole nitrogens is 1. The lowest BCUT2D eigenvalue weighted by Crippen LogP contribution is -2.44. The summed E-state index contributed by atoms with van der Waals surface area (Å²) in [6.07, 6.45) is 6.53. The molecule has 2 aromatic rings. The maximum absolute atomic E-state index is 13.8. The highest BCUT2D eigenvalue weighted by molar-refractivity contribution is 6.34. The lowest BCUT2D eigenvalue weighted by atomic mass is 9.71. The highest BCUT2D eigenvalue weighted by Crippen LogP contribution is 2.47. The standard InChI is InChI=1S/C24H27ClFN5O3/c1-13-10-18(16(25)11-17(13)26)31-9-8-24(23(31)34)6-4-15(5-7-24)30-22(33)20-19(27-12-28-20)21(32)29-14-2-3-14/h10-12,14-15H,2-9H2,1H3,(H,27,28)(H,29,32)(H,30,33). The van der Waals surface area contributed by atoms with Crippen LogP contribution >= 0.6 is 11.6 Å². The lowest BCUT2D eigenvalue weighted by Gasteiger charge is -2.36. The quantitative estimate of drug-likeness (QED) is 0.600. The van der Waals surface area contributed by atoms with E-state index in [1.165, 1.54) is 12.4 Å². The smallest absolute Gasteiger partial charge is 0.272 e. The number of aromatic nitrogens is 2. The molecule has 0 radical (unpaired) electrons. The largest absolute Gasteiger partial charge is 0.348 e. The van der Waals surface area contributed by atoms with Crippen molar-refractivity contribution in [2.45, 2.75) is 64.0 Å². The molecule has 3 amide bonds. The van der Waals surface area contributed by atoms with Crippen LogP contribution in [0, 0.1) is 18.2 Å². The number of amides is 3. The minimum atomic E-state index is -0.490. The van der Waals surface area contributed by atoms with Crippen LogP contribution in [0.4, 0.5) is 10.1 Å². The summed E-state index contributed by atoms with van der Waals surface area (Å²) in [7, 11) is 0. The van der Waals surface area contributed by atoms with Crippen molar-refractivity contribution in [3.05, 3.63) is 46.3 Å². The fraction of sp³-hybridized carbons (Fsp3) is 0.500. The average molecular weight is 488 g/mol. The minimum absolute atomic E-state index is 0.0118. The molecule has 1 aromatic heterocycles. The van der Waals surface area contributed by atoms with Gasteiger partial charge in [-0.2, -0.15) is 0 Å². The molecule has 2 aliphatic carbocycles. The average Bonchev–Trinajstić information content (AvgIpc) is 3.38. The molecule has 2 saturated carbocycles. The third-order valence-corrected chi connectivity index (χ3v) is 7.61. The van der Waals surface area contributed by atoms with Crippen LogP contribution < -0.4 is 15.5 Å². The summed E-state index contributed by atoms with van der Waals surface area (Å²) < 4.78 is 13.8. The van der Waals surface area contributed by atoms with Gasteiger partial charge in [0.15, 0.2) is 5.69 Å². The normalized spacial score (nSPS) is 24.5. The van der Waals surface area contributed by atoms with E-state index in [4.69, 9.17) is 11.6 Å². The number of nitrogens with one attached hydrogen (secondary N) is 3. The monoisotopic (exact) mass is 487 g/mol. The molecule has 1 spiro atoms. The second kappa shape index (κ2) is 8.69. The zero-order chi connectivity index (χ0) is 24.0. The van der Waals surface area contributed by atoms with Gasteiger partial charge in [-0.25, -0.2) is 9.37 Å². The van der Waals surface area contributed by atoms with Gasteiger partial charge < -0.3 is 20.5 Å². The highest BCUT2D eigenvalue weighted by atomic mass is 35.5. The van der Waals surface area contributed by atoms with Crippen molar-refractivity contribution >= 4 is 35.0 Å². The molecule has 0 unspecified atom stereocenters. The Labute approximate surface area is 201 Å². The molecule has 180 valence electrons. The van der Waals surface area contributed by atoms with Crippen molar-refractivity contribution in [3.63, 3.8) is 0 Å². The van der Waals surface area contributed by atoms with Crippen LogP contribution in [0.3, 0.4) is 0 Å². The van der Waals surface area contributed by atoms with E-state index in [9.17, 15) is 18.8 Å². The van der Waals surface area contributed by atoms with Crippen LogP contribution in [-0.4, -0.2) is 46.3 Å². The van der Waals surface area contributed by atoms with Gasteiger partial charge in [0, 0.05) is 18.6 Å². The Bertz CT molecular complexity index is 1150. The van der Waals surface area contributed by atoms with Crippen LogP contribution in [-0.2, 0) is 4.79 Å². The van der Waals surface area contributed by atoms with E-state index in [0.717, 1.165) is 12.8 Å². The first-order valence-electron chi connectivity index (χ1n) is 11.7. The van der Waals surface area contributed by atoms with E-state index in [-0.39, 0.29) is 46.2 Å². The molecule has 10 heteroatoms. The molecule has 1 aromatic carbocycles. The van der Waals surface area contributed by atoms with Crippen molar-refractivity contribution in [1.29, 1.82) is 0 Å². The lowest BCUT2D eigenvalue weighted by molar-refractivity contribution is -0.127. The summed E-state index contributed by atoms with van der Waals surface area (Å²) in [5.41, 5.74) is 0.765. The van der Waals surface area contributed by atoms with Crippen LogP contribution in [0.15, 0.2) is 18.5 Å². The van der Waals surface area contributed by atoms with Gasteiger partial charge in [-0.05, 0) is 69.6 Å². The zero-order valence-electron chi connectivity index (χ0n) is 18.9. The molecular weight excluding hydrogens is 461 g/mol. The molecule has 3 fully saturated rings. The van der Waals surface area contributed by atoms with E-state index in [1.54, 1.807) is 17.9 Å². The van der Waals surface area contributed by atoms with Crippen LogP contribution in [0.2, 0.25) is 5.02 Å². The van der Waals surface area contributed by atoms with E-state index in [2.05, 4.69) is 20.6 Å². The first-order chi connectivity index (χ1) is 16.3. The molecule has 0 atom stereocenters. The molecule has 3 N–H and O–H groups in total. The van der Waals surface area contributed by atoms with Crippen molar-refractivity contribution in [1.82, 2.24) is 20.6 Å². The Kier molecular flexibility index (Phi) is 5.83. The van der Waals surface area contributed by atoms with Crippen LogP contribution in [0.5, 0.6) is 0 Å². The number of aryl methyl sites for hydroxylation is 1. The molecule has 0 bridgehead atoms. The molecule has 8 nitrogen and oxygen atoms in total. The van der Waals surface area contributed by atoms with Gasteiger partial charge >= 0.3 is 0 Å². The minimum Gasteiger partial charge on any atom is -0.348 e. The van der Waals surface area contributed by atoms with Gasteiger partial charge in [0.25, 0.3) is 11.8 Å². The van der Waals surface area contributed by atoms with Gasteiger partial charge in [0.1, 0.15) is 11.5 Å². The topological polar surface area (TPSA) is 107 Å². The number of benzene rings is 1. The maximum atomic E-state index is 13.8. The summed E-state index contributed by atoms with van der Waals surface area (Å²) in [6.45, 7) is 2.19. The molecule has 5 rings (SSSR count). The Hall–Kier alpha value is -2.94. The number of hydrogen-bond donors (Lipinski definition) is 3. The SMILES string of the molecule is Cc1cc(N2CCC3(CCC(NC(=O)c4[nH]cnc4C(=O)NC4CC4)CC3)C2=O)c(Cl)cc1F. The van der Waals surface area contributed by atoms with E-state index >= 15 is 0 Å². The zero-order valence-corrected chi connectivity index (χ0v) is 19.7. The van der Waals surface area contributed by atoms with Crippen molar-refractivity contribution in [2.75, 3.05) is 11.4 Å². The fourth-order valence-corrected chi connectivity index (χ4v) is 5.31. The number of halogens is 2. The summed E-state index contributed by atoms with van der Waals surface area (Å²) >= 11 is 6.25. The second-order valence-electron chi connectivity index (χ2n) is 9.66. The summed E-state index contributed by atoms with van der Waals surface area (Å²) in [4.78, 5) is 47.0. The molecule has 2 heterocycles. The number of aromatic amines is 1. The van der Waals surface area contributed by atoms with Gasteiger partial charge in [-0.1, -0.05) is 11.6 Å². The summed E-state index contributed by atoms with van der Waals surface area (Å²) in [5.74, 6) is -1.09. The predicted octanol–water partition coefficient (Wildman–Crippen LogP) is 3.50. The van der Waals surface area contributed by atoms with Gasteiger partial charge in [-0.15, -0.1) is 0 Å². The van der Waals surface area contributed by atoms with Crippen LogP contribution in [0.25, 0.3) is 0 Å². The molecular formula is C24H27ClFN5O3. The predicted molar refractivity (Wildman–Crippen MR) is 124 cm³/mol. The maximum Gasteiger partial charge on any atom is 0.272 e. The third-order valence-electron chi connectivity index (χ3n) is 7.30. The summed E-state index contributed by atoms with van der Waals surface area (Å²) in [6, 6.07) is 2.96. The second-order valence-corrected chi connectivity index (χ2v) is 10.1. The Morgan fingerprint density at radius 3 is 2.50 bits per heavy atom. The number of anilines is 1. The number of imidazole rings is 1. The number of hydrogen-bond acceptors (Lipinski definition) is 4. The van der Waals surface area contributed by atoms with Crippen molar-refractivity contribution in [3.8, 4) is 0 Å². The first-order valence-corrected chi connectivity index (χ1v) is 12.1. The van der Waals surface area contributed by atoms with E-state index in [0.29, 0.717) is 49.9 Å². The van der Waals surface area contributed by atoms with Gasteiger partial charge in [0.2, 0.25) is 5.91 Å². The van der Waals surface area contributed by atoms with E-state index < -0.39 is 11.2 Å². The van der Waals surface area contributed by atoms with Crippen molar-refractivity contribution < 1.29 is 18.8 Å². The third kappa shape index (κ3) is 4.17. The number of carbonyl (C=O) groups is 3. The molecule has 1 saturated heterocycles. The number of rotatable bonds is 5. The van der Waals surface area contributed by atoms with Crippen LogP contribution in [0.1, 0.15) is 71.5 Å². The Morgan fingerprint density at radius 2 is 1.79 bits per heavy atom. The highest BCUT2D eigenvalue weighted by Gasteiger charge is 2.49. The Balaban J connectivity index is 1.21. The Morgan fingerprint density at radius 1 is 1.12 bits per heavy atom. The molecule has 3 aliphatic rings. The van der Waals surface area contributed by atoms with Gasteiger partial charge in [0.05, 0.1) is 22.5 Å². The van der Waals surface area contributed by atoms with Gasteiger partial charge in [-0.3, -0.25) is 14.4 Å². The number of nitrogens with zero attached hydrogens (tertiary/aromatic N) is 2. The van der Waals surface area contributed by atoms with E-state index in [1.807, 2.05) is 0 Å². The first kappa shape index (κ1) is 22.8. The fourth-order valence-electron chi connectivity index (χ4n) is 5.06. The summed E-state index contributed by atoms with van der Waals surface area (Å²) in [5, 5.41) is 6.07. The number of carbonyl (C=O) groups excluding carboxylic acids is 3. The van der Waals surface area contributed by atoms with Crippen molar-refractivity contribution in [2.24, 2.45) is 5.41 Å². The molecule has 34 heavy (non-hydrogen) atoms.